The Bertz CT molecular complexity index is 306. The number of hydrogen-bond acceptors (Lipinski definition) is 2. The summed E-state index contributed by atoms with van der Waals surface area (Å²) in [7, 11) is 0. The first-order chi connectivity index (χ1) is 7.28. The standard InChI is InChI=1S/C12H21N3/c1-3-15-9-11(8-14-15)7-12-6-10(2)4-5-13-12/h8-10,12-13H,3-7H2,1-2H3. The van der Waals surface area contributed by atoms with Crippen molar-refractivity contribution in [3.63, 3.8) is 0 Å². The SMILES string of the molecule is CCn1cc(CC2CC(C)CCN2)cn1. The van der Waals surface area contributed by atoms with Gasteiger partial charge >= 0.3 is 0 Å². The molecule has 0 bridgehead atoms. The number of hydrogen-bond donors (Lipinski definition) is 1. The van der Waals surface area contributed by atoms with E-state index in [0.717, 1.165) is 18.9 Å². The normalized spacial score (nSPS) is 26.8. The van der Waals surface area contributed by atoms with Gasteiger partial charge in [0.2, 0.25) is 0 Å². The molecule has 1 aromatic rings. The van der Waals surface area contributed by atoms with Gasteiger partial charge in [-0.25, -0.2) is 0 Å². The lowest BCUT2D eigenvalue weighted by Crippen LogP contribution is -2.38. The molecule has 1 aromatic heterocycles. The molecule has 1 saturated heterocycles. The molecule has 3 nitrogen and oxygen atoms in total. The van der Waals surface area contributed by atoms with Gasteiger partial charge in [-0.2, -0.15) is 5.10 Å². The van der Waals surface area contributed by atoms with E-state index in [1.54, 1.807) is 0 Å². The highest BCUT2D eigenvalue weighted by atomic mass is 15.3. The smallest absolute Gasteiger partial charge is 0.0522 e. The van der Waals surface area contributed by atoms with Gasteiger partial charge < -0.3 is 5.32 Å². The molecule has 2 rings (SSSR count). The maximum absolute atomic E-state index is 4.31. The van der Waals surface area contributed by atoms with Crippen LogP contribution in [0.15, 0.2) is 12.4 Å². The van der Waals surface area contributed by atoms with Crippen LogP contribution in [0.1, 0.15) is 32.3 Å². The van der Waals surface area contributed by atoms with Crippen LogP contribution in [0.4, 0.5) is 0 Å². The third-order valence-electron chi connectivity index (χ3n) is 3.25. The molecule has 1 aliphatic rings. The van der Waals surface area contributed by atoms with E-state index in [0.29, 0.717) is 6.04 Å². The fourth-order valence-electron chi connectivity index (χ4n) is 2.35. The van der Waals surface area contributed by atoms with Crippen molar-refractivity contribution in [1.82, 2.24) is 15.1 Å². The zero-order valence-corrected chi connectivity index (χ0v) is 9.74. The zero-order valence-electron chi connectivity index (χ0n) is 9.74. The van der Waals surface area contributed by atoms with Gasteiger partial charge in [0.05, 0.1) is 6.20 Å². The summed E-state index contributed by atoms with van der Waals surface area (Å²) in [6, 6.07) is 0.656. The number of nitrogens with zero attached hydrogens (tertiary/aromatic N) is 2. The summed E-state index contributed by atoms with van der Waals surface area (Å²) in [5.41, 5.74) is 1.36. The predicted molar refractivity (Wildman–Crippen MR) is 61.8 cm³/mol. The minimum Gasteiger partial charge on any atom is -0.314 e. The van der Waals surface area contributed by atoms with Gasteiger partial charge in [0.15, 0.2) is 0 Å². The Hall–Kier alpha value is -0.830. The summed E-state index contributed by atoms with van der Waals surface area (Å²) in [6.45, 7) is 6.61. The summed E-state index contributed by atoms with van der Waals surface area (Å²) in [5, 5.41) is 7.90. The van der Waals surface area contributed by atoms with E-state index in [1.807, 2.05) is 10.9 Å². The Labute approximate surface area is 91.9 Å². The lowest BCUT2D eigenvalue weighted by atomic mass is 9.91. The third kappa shape index (κ3) is 2.81. The summed E-state index contributed by atoms with van der Waals surface area (Å²) < 4.78 is 2.00. The van der Waals surface area contributed by atoms with Gasteiger partial charge in [-0.3, -0.25) is 4.68 Å². The van der Waals surface area contributed by atoms with Crippen LogP contribution in [-0.2, 0) is 13.0 Å². The molecule has 2 unspecified atom stereocenters. The van der Waals surface area contributed by atoms with Crippen LogP contribution in [0, 0.1) is 5.92 Å². The van der Waals surface area contributed by atoms with E-state index in [1.165, 1.54) is 24.9 Å². The van der Waals surface area contributed by atoms with Gasteiger partial charge in [-0.1, -0.05) is 6.92 Å². The molecule has 3 heteroatoms. The van der Waals surface area contributed by atoms with Crippen LogP contribution in [-0.4, -0.2) is 22.4 Å². The molecule has 1 fully saturated rings. The molecule has 1 aliphatic heterocycles. The van der Waals surface area contributed by atoms with Crippen LogP contribution in [0.5, 0.6) is 0 Å². The summed E-state index contributed by atoms with van der Waals surface area (Å²) in [4.78, 5) is 0. The van der Waals surface area contributed by atoms with Gasteiger partial charge in [0, 0.05) is 18.8 Å². The second-order valence-corrected chi connectivity index (χ2v) is 4.69. The van der Waals surface area contributed by atoms with Crippen molar-refractivity contribution < 1.29 is 0 Å². The van der Waals surface area contributed by atoms with Crippen molar-refractivity contribution in [2.45, 2.75) is 45.7 Å². The van der Waals surface area contributed by atoms with E-state index >= 15 is 0 Å². The van der Waals surface area contributed by atoms with Crippen molar-refractivity contribution in [2.75, 3.05) is 6.54 Å². The van der Waals surface area contributed by atoms with Gasteiger partial charge in [0.25, 0.3) is 0 Å². The Kier molecular flexibility index (Phi) is 3.41. The highest BCUT2D eigenvalue weighted by Gasteiger charge is 2.18. The van der Waals surface area contributed by atoms with Gasteiger partial charge in [-0.15, -0.1) is 0 Å². The van der Waals surface area contributed by atoms with Crippen molar-refractivity contribution in [3.8, 4) is 0 Å². The number of rotatable bonds is 3. The van der Waals surface area contributed by atoms with E-state index in [9.17, 15) is 0 Å². The molecular formula is C12H21N3. The average molecular weight is 207 g/mol. The lowest BCUT2D eigenvalue weighted by molar-refractivity contribution is 0.318. The van der Waals surface area contributed by atoms with Crippen LogP contribution >= 0.6 is 0 Å². The Balaban J connectivity index is 1.90. The van der Waals surface area contributed by atoms with Crippen LogP contribution in [0.2, 0.25) is 0 Å². The second-order valence-electron chi connectivity index (χ2n) is 4.69. The molecule has 0 saturated carbocycles. The molecule has 0 aromatic carbocycles. The topological polar surface area (TPSA) is 29.9 Å². The summed E-state index contributed by atoms with van der Waals surface area (Å²) in [6.07, 6.45) is 7.93. The lowest BCUT2D eigenvalue weighted by Gasteiger charge is -2.27. The maximum Gasteiger partial charge on any atom is 0.0522 e. The molecule has 0 radical (unpaired) electrons. The monoisotopic (exact) mass is 207 g/mol. The molecule has 0 aliphatic carbocycles. The quantitative estimate of drug-likeness (QED) is 0.819. The third-order valence-corrected chi connectivity index (χ3v) is 3.25. The van der Waals surface area contributed by atoms with E-state index in [2.05, 4.69) is 30.5 Å². The second kappa shape index (κ2) is 4.79. The number of nitrogens with one attached hydrogen (secondary N) is 1. The minimum atomic E-state index is 0.656. The maximum atomic E-state index is 4.31. The highest BCUT2D eigenvalue weighted by Crippen LogP contribution is 2.17. The molecule has 15 heavy (non-hydrogen) atoms. The Morgan fingerprint density at radius 2 is 2.47 bits per heavy atom. The van der Waals surface area contributed by atoms with E-state index in [4.69, 9.17) is 0 Å². The van der Waals surface area contributed by atoms with E-state index in [-0.39, 0.29) is 0 Å². The molecule has 84 valence electrons. The Morgan fingerprint density at radius 3 is 3.13 bits per heavy atom. The first-order valence-corrected chi connectivity index (χ1v) is 6.02. The minimum absolute atomic E-state index is 0.656. The molecule has 1 N–H and O–H groups in total. The van der Waals surface area contributed by atoms with Crippen molar-refractivity contribution in [3.05, 3.63) is 18.0 Å². The predicted octanol–water partition coefficient (Wildman–Crippen LogP) is 1.83. The molecule has 2 heterocycles. The zero-order chi connectivity index (χ0) is 10.7. The largest absolute Gasteiger partial charge is 0.314 e. The fraction of sp³-hybridized carbons (Fsp3) is 0.750. The summed E-state index contributed by atoms with van der Waals surface area (Å²) >= 11 is 0. The van der Waals surface area contributed by atoms with Crippen molar-refractivity contribution >= 4 is 0 Å². The van der Waals surface area contributed by atoms with Crippen LogP contribution in [0.25, 0.3) is 0 Å². The van der Waals surface area contributed by atoms with E-state index < -0.39 is 0 Å². The van der Waals surface area contributed by atoms with Crippen LogP contribution in [0.3, 0.4) is 0 Å². The molecular weight excluding hydrogens is 186 g/mol. The Morgan fingerprint density at radius 1 is 1.60 bits per heavy atom. The van der Waals surface area contributed by atoms with Crippen molar-refractivity contribution in [2.24, 2.45) is 5.92 Å². The first kappa shape index (κ1) is 10.7. The number of piperidine rings is 1. The molecule has 0 spiro atoms. The average Bonchev–Trinajstić information content (AvgIpc) is 2.65. The van der Waals surface area contributed by atoms with Crippen molar-refractivity contribution in [1.29, 1.82) is 0 Å². The molecule has 2 atom stereocenters. The van der Waals surface area contributed by atoms with Gasteiger partial charge in [-0.05, 0) is 44.2 Å². The van der Waals surface area contributed by atoms with Crippen LogP contribution < -0.4 is 5.32 Å². The summed E-state index contributed by atoms with van der Waals surface area (Å²) in [5.74, 6) is 0.873. The fourth-order valence-corrected chi connectivity index (χ4v) is 2.35. The van der Waals surface area contributed by atoms with Gasteiger partial charge in [0.1, 0.15) is 0 Å². The number of aryl methyl sites for hydroxylation is 1. The molecule has 0 amide bonds. The number of aromatic nitrogens is 2. The first-order valence-electron chi connectivity index (χ1n) is 6.02. The highest BCUT2D eigenvalue weighted by molar-refractivity contribution is 5.06.